The van der Waals surface area contributed by atoms with Crippen molar-refractivity contribution < 1.29 is 14.4 Å². The van der Waals surface area contributed by atoms with Crippen molar-refractivity contribution in [2.45, 2.75) is 19.3 Å². The van der Waals surface area contributed by atoms with Gasteiger partial charge in [0.25, 0.3) is 0 Å². The lowest BCUT2D eigenvalue weighted by molar-refractivity contribution is -0.138. The molecule has 2 aliphatic rings. The second-order valence-electron chi connectivity index (χ2n) is 5.57. The van der Waals surface area contributed by atoms with Crippen LogP contribution in [0.4, 0.5) is 0 Å². The Kier molecular flexibility index (Phi) is 4.40. The van der Waals surface area contributed by atoms with E-state index in [-0.39, 0.29) is 35.5 Å². The van der Waals surface area contributed by atoms with Crippen molar-refractivity contribution in [3.8, 4) is 0 Å². The monoisotopic (exact) mass is 288 g/mol. The molecule has 0 radical (unpaired) electrons. The summed E-state index contributed by atoms with van der Waals surface area (Å²) < 4.78 is 0. The molecule has 0 spiro atoms. The highest BCUT2D eigenvalue weighted by Gasteiger charge is 2.49. The molecule has 21 heavy (non-hydrogen) atoms. The number of nitrogens with zero attached hydrogens (tertiary/aromatic N) is 1. The fraction of sp³-hybridized carbons (Fsp3) is 0.438. The van der Waals surface area contributed by atoms with Gasteiger partial charge >= 0.3 is 0 Å². The van der Waals surface area contributed by atoms with Gasteiger partial charge in [0.2, 0.25) is 17.7 Å². The fourth-order valence-corrected chi connectivity index (χ4v) is 3.07. The Morgan fingerprint density at radius 3 is 2.62 bits per heavy atom. The SMILES string of the molecule is C=C/C=C\C(=C)NC(=O)C1CCC2C(=O)N(C)C(=O)C2C1. The average Bonchev–Trinajstić information content (AvgIpc) is 2.69. The van der Waals surface area contributed by atoms with Crippen LogP contribution < -0.4 is 5.32 Å². The molecule has 0 bridgehead atoms. The molecule has 3 amide bonds. The lowest BCUT2D eigenvalue weighted by Crippen LogP contribution is -2.36. The van der Waals surface area contributed by atoms with Gasteiger partial charge in [0, 0.05) is 18.7 Å². The molecule has 5 nitrogen and oxygen atoms in total. The third-order valence-electron chi connectivity index (χ3n) is 4.23. The number of fused-ring (bicyclic) bond motifs is 1. The van der Waals surface area contributed by atoms with Gasteiger partial charge in [0.05, 0.1) is 11.8 Å². The van der Waals surface area contributed by atoms with Gasteiger partial charge in [-0.2, -0.15) is 0 Å². The molecule has 0 aromatic rings. The van der Waals surface area contributed by atoms with E-state index in [1.54, 1.807) is 18.2 Å². The summed E-state index contributed by atoms with van der Waals surface area (Å²) >= 11 is 0. The molecule has 3 atom stereocenters. The molecule has 1 aliphatic carbocycles. The van der Waals surface area contributed by atoms with Crippen molar-refractivity contribution in [2.75, 3.05) is 7.05 Å². The third-order valence-corrected chi connectivity index (χ3v) is 4.23. The van der Waals surface area contributed by atoms with Gasteiger partial charge in [0.15, 0.2) is 0 Å². The van der Waals surface area contributed by atoms with Crippen molar-refractivity contribution in [2.24, 2.45) is 17.8 Å². The highest BCUT2D eigenvalue weighted by Crippen LogP contribution is 2.40. The van der Waals surface area contributed by atoms with Crippen molar-refractivity contribution in [1.29, 1.82) is 0 Å². The summed E-state index contributed by atoms with van der Waals surface area (Å²) in [5, 5.41) is 2.72. The smallest absolute Gasteiger partial charge is 0.232 e. The second-order valence-corrected chi connectivity index (χ2v) is 5.57. The summed E-state index contributed by atoms with van der Waals surface area (Å²) in [5.41, 5.74) is 0.493. The third kappa shape index (κ3) is 2.96. The molecule has 112 valence electrons. The second kappa shape index (κ2) is 6.08. The van der Waals surface area contributed by atoms with Gasteiger partial charge in [-0.15, -0.1) is 0 Å². The van der Waals surface area contributed by atoms with Crippen LogP contribution in [-0.2, 0) is 14.4 Å². The maximum atomic E-state index is 12.2. The number of carbonyl (C=O) groups is 3. The van der Waals surface area contributed by atoms with Crippen LogP contribution in [0.25, 0.3) is 0 Å². The number of nitrogens with one attached hydrogen (secondary N) is 1. The number of rotatable bonds is 4. The van der Waals surface area contributed by atoms with Crippen LogP contribution in [0.3, 0.4) is 0 Å². The van der Waals surface area contributed by atoms with Crippen LogP contribution >= 0.6 is 0 Å². The highest BCUT2D eigenvalue weighted by molar-refractivity contribution is 6.05. The zero-order valence-electron chi connectivity index (χ0n) is 12.2. The fourth-order valence-electron chi connectivity index (χ4n) is 3.07. The van der Waals surface area contributed by atoms with Crippen LogP contribution in [0.1, 0.15) is 19.3 Å². The maximum Gasteiger partial charge on any atom is 0.232 e. The normalized spacial score (nSPS) is 28.6. The molecule has 5 heteroatoms. The number of carbonyl (C=O) groups excluding carboxylic acids is 3. The predicted molar refractivity (Wildman–Crippen MR) is 78.7 cm³/mol. The molecular formula is C16H20N2O3. The van der Waals surface area contributed by atoms with E-state index in [0.717, 1.165) is 0 Å². The largest absolute Gasteiger partial charge is 0.326 e. The molecule has 1 saturated carbocycles. The predicted octanol–water partition coefficient (Wildman–Crippen LogP) is 1.39. The van der Waals surface area contributed by atoms with E-state index in [9.17, 15) is 14.4 Å². The summed E-state index contributed by atoms with van der Waals surface area (Å²) in [7, 11) is 1.51. The maximum absolute atomic E-state index is 12.2. The Hall–Kier alpha value is -2.17. The minimum absolute atomic E-state index is 0.109. The van der Waals surface area contributed by atoms with Crippen LogP contribution in [0.2, 0.25) is 0 Å². The zero-order chi connectivity index (χ0) is 15.6. The van der Waals surface area contributed by atoms with Gasteiger partial charge in [-0.25, -0.2) is 0 Å². The van der Waals surface area contributed by atoms with Crippen LogP contribution in [-0.4, -0.2) is 29.7 Å². The molecule has 3 unspecified atom stereocenters. The van der Waals surface area contributed by atoms with Gasteiger partial charge < -0.3 is 5.32 Å². The Morgan fingerprint density at radius 1 is 1.29 bits per heavy atom. The number of likely N-dealkylation sites (tertiary alicyclic amines) is 1. The molecular weight excluding hydrogens is 268 g/mol. The molecule has 1 N–H and O–H groups in total. The lowest BCUT2D eigenvalue weighted by Gasteiger charge is -2.27. The van der Waals surface area contributed by atoms with E-state index in [4.69, 9.17) is 0 Å². The molecule has 1 heterocycles. The van der Waals surface area contributed by atoms with Crippen LogP contribution in [0.15, 0.2) is 37.1 Å². The number of amides is 3. The summed E-state index contributed by atoms with van der Waals surface area (Å²) in [5.74, 6) is -1.24. The first-order valence-electron chi connectivity index (χ1n) is 7.06. The quantitative estimate of drug-likeness (QED) is 0.628. The molecule has 2 fully saturated rings. The molecule has 2 rings (SSSR count). The van der Waals surface area contributed by atoms with Gasteiger partial charge in [-0.3, -0.25) is 19.3 Å². The van der Waals surface area contributed by atoms with Gasteiger partial charge in [-0.1, -0.05) is 25.3 Å². The Balaban J connectivity index is 1.98. The highest BCUT2D eigenvalue weighted by atomic mass is 16.2. The Bertz CT molecular complexity index is 536. The average molecular weight is 288 g/mol. The molecule has 1 aliphatic heterocycles. The van der Waals surface area contributed by atoms with Gasteiger partial charge in [-0.05, 0) is 25.3 Å². The van der Waals surface area contributed by atoms with E-state index in [2.05, 4.69) is 18.5 Å². The number of allylic oxidation sites excluding steroid dienone is 3. The number of hydrogen-bond acceptors (Lipinski definition) is 3. The zero-order valence-corrected chi connectivity index (χ0v) is 12.2. The topological polar surface area (TPSA) is 66.5 Å². The molecule has 0 aromatic heterocycles. The minimum Gasteiger partial charge on any atom is -0.326 e. The van der Waals surface area contributed by atoms with E-state index in [1.165, 1.54) is 11.9 Å². The molecule has 1 saturated heterocycles. The van der Waals surface area contributed by atoms with Crippen LogP contribution in [0.5, 0.6) is 0 Å². The van der Waals surface area contributed by atoms with Crippen molar-refractivity contribution in [1.82, 2.24) is 10.2 Å². The minimum atomic E-state index is -0.344. The van der Waals surface area contributed by atoms with Crippen molar-refractivity contribution in [3.63, 3.8) is 0 Å². The first-order valence-corrected chi connectivity index (χ1v) is 7.06. The van der Waals surface area contributed by atoms with E-state index in [0.29, 0.717) is 25.0 Å². The van der Waals surface area contributed by atoms with Crippen molar-refractivity contribution >= 4 is 17.7 Å². The lowest BCUT2D eigenvalue weighted by atomic mass is 9.75. The number of imide groups is 1. The summed E-state index contributed by atoms with van der Waals surface area (Å²) in [6.45, 7) is 7.28. The van der Waals surface area contributed by atoms with Crippen LogP contribution in [0, 0.1) is 17.8 Å². The van der Waals surface area contributed by atoms with E-state index in [1.807, 2.05) is 0 Å². The Morgan fingerprint density at radius 2 is 1.95 bits per heavy atom. The standard InChI is InChI=1S/C16H20N2O3/c1-4-5-6-10(2)17-14(19)11-7-8-12-13(9-11)16(21)18(3)15(12)20/h4-6,11-13H,1-2,7-9H2,3H3,(H,17,19)/b6-5-. The summed E-state index contributed by atoms with van der Waals surface area (Å²) in [6.07, 6.45) is 6.60. The number of hydrogen-bond donors (Lipinski definition) is 1. The first-order chi connectivity index (χ1) is 9.95. The first kappa shape index (κ1) is 15.2. The summed E-state index contributed by atoms with van der Waals surface area (Å²) in [6, 6.07) is 0. The van der Waals surface area contributed by atoms with E-state index >= 15 is 0 Å². The molecule has 0 aromatic carbocycles. The summed E-state index contributed by atoms with van der Waals surface area (Å²) in [4.78, 5) is 37.3. The Labute approximate surface area is 124 Å². The van der Waals surface area contributed by atoms with E-state index < -0.39 is 0 Å². The van der Waals surface area contributed by atoms with Gasteiger partial charge in [0.1, 0.15) is 0 Å². The van der Waals surface area contributed by atoms with Crippen molar-refractivity contribution in [3.05, 3.63) is 37.1 Å².